The second kappa shape index (κ2) is 4.08. The van der Waals surface area contributed by atoms with Crippen LogP contribution in [0.5, 0.6) is 0 Å². The van der Waals surface area contributed by atoms with Gasteiger partial charge in [-0.15, -0.1) is 0 Å². The average molecular weight is 237 g/mol. The van der Waals surface area contributed by atoms with Crippen molar-refractivity contribution < 1.29 is 13.9 Å². The van der Waals surface area contributed by atoms with E-state index in [0.29, 0.717) is 11.3 Å². The molecule has 1 N–H and O–H groups in total. The van der Waals surface area contributed by atoms with Crippen LogP contribution >= 0.6 is 0 Å². The van der Waals surface area contributed by atoms with E-state index < -0.39 is 11.5 Å². The van der Waals surface area contributed by atoms with Crippen molar-refractivity contribution in [3.8, 4) is 0 Å². The Morgan fingerprint density at radius 3 is 2.06 bits per heavy atom. The summed E-state index contributed by atoms with van der Waals surface area (Å²) in [4.78, 5) is 3.25. The second-order valence-corrected chi connectivity index (χ2v) is 4.55. The summed E-state index contributed by atoms with van der Waals surface area (Å²) in [6.45, 7) is 6.82. The number of nitrogens with zero attached hydrogens (tertiary/aromatic N) is 1. The van der Waals surface area contributed by atoms with Crippen molar-refractivity contribution in [3.63, 3.8) is 0 Å². The highest BCUT2D eigenvalue weighted by molar-refractivity contribution is 5.46. The van der Waals surface area contributed by atoms with Gasteiger partial charge in [0.2, 0.25) is 5.92 Å². The molecule has 0 radical (unpaired) electrons. The van der Waals surface area contributed by atoms with E-state index in [-0.39, 0.29) is 25.7 Å². The number of halogens is 2. The van der Waals surface area contributed by atoms with Crippen LogP contribution in [0.4, 0.5) is 14.5 Å². The molecule has 0 amide bonds. The lowest BCUT2D eigenvalue weighted by atomic mass is 9.78. The molecule has 1 aromatic carbocycles. The van der Waals surface area contributed by atoms with Crippen LogP contribution in [0.15, 0.2) is 24.3 Å². The molecule has 4 heteroatoms. The molecule has 1 aliphatic rings. The van der Waals surface area contributed by atoms with Crippen LogP contribution in [0.25, 0.3) is 4.85 Å². The Morgan fingerprint density at radius 1 is 1.06 bits per heavy atom. The number of hydrogen-bond donors (Lipinski definition) is 1. The minimum absolute atomic E-state index is 0.0668. The first-order valence-electron chi connectivity index (χ1n) is 5.53. The number of alkyl halides is 2. The van der Waals surface area contributed by atoms with Crippen LogP contribution in [0.3, 0.4) is 0 Å². The predicted molar refractivity (Wildman–Crippen MR) is 60.0 cm³/mol. The summed E-state index contributed by atoms with van der Waals surface area (Å²) in [5.41, 5.74) is -0.0544. The average Bonchev–Trinajstić information content (AvgIpc) is 2.34. The molecule has 0 spiro atoms. The molecule has 0 aliphatic heterocycles. The molecule has 0 bridgehead atoms. The Hall–Kier alpha value is -1.47. The first-order valence-corrected chi connectivity index (χ1v) is 5.53. The number of aliphatic hydroxyl groups is 1. The molecule has 0 saturated heterocycles. The highest BCUT2D eigenvalue weighted by Crippen LogP contribution is 2.43. The van der Waals surface area contributed by atoms with Gasteiger partial charge in [0.1, 0.15) is 0 Å². The van der Waals surface area contributed by atoms with Crippen molar-refractivity contribution in [1.82, 2.24) is 0 Å². The Balaban J connectivity index is 2.19. The molecule has 2 rings (SSSR count). The third kappa shape index (κ3) is 2.45. The molecule has 0 unspecified atom stereocenters. The molecule has 0 aromatic heterocycles. The van der Waals surface area contributed by atoms with Crippen LogP contribution in [-0.4, -0.2) is 11.0 Å². The molecule has 1 aliphatic carbocycles. The molecule has 1 saturated carbocycles. The fraction of sp³-hybridized carbons (Fsp3) is 0.462. The maximum Gasteiger partial charge on any atom is 0.248 e. The molecular weight excluding hydrogens is 224 g/mol. The largest absolute Gasteiger partial charge is 0.385 e. The topological polar surface area (TPSA) is 24.6 Å². The Labute approximate surface area is 98.7 Å². The summed E-state index contributed by atoms with van der Waals surface area (Å²) in [7, 11) is 0. The van der Waals surface area contributed by atoms with Gasteiger partial charge in [-0.3, -0.25) is 0 Å². The first-order chi connectivity index (χ1) is 7.95. The molecule has 90 valence electrons. The van der Waals surface area contributed by atoms with Gasteiger partial charge in [-0.1, -0.05) is 24.3 Å². The summed E-state index contributed by atoms with van der Waals surface area (Å²) in [6.07, 6.45) is -0.434. The third-order valence-corrected chi connectivity index (χ3v) is 3.34. The quantitative estimate of drug-likeness (QED) is 0.741. The maximum absolute atomic E-state index is 13.0. The SMILES string of the molecule is [C-]#[N+]c1ccc(C2(O)CCC(F)(F)CC2)cc1. The van der Waals surface area contributed by atoms with Crippen LogP contribution in [0.1, 0.15) is 31.2 Å². The highest BCUT2D eigenvalue weighted by atomic mass is 19.3. The fourth-order valence-electron chi connectivity index (χ4n) is 2.16. The minimum Gasteiger partial charge on any atom is -0.385 e. The Morgan fingerprint density at radius 2 is 1.59 bits per heavy atom. The van der Waals surface area contributed by atoms with E-state index >= 15 is 0 Å². The standard InChI is InChI=1S/C13H13F2NO/c1-16-11-4-2-10(3-5-11)12(17)6-8-13(14,15)9-7-12/h2-5,17H,6-9H2. The highest BCUT2D eigenvalue weighted by Gasteiger charge is 2.42. The van der Waals surface area contributed by atoms with Gasteiger partial charge in [0, 0.05) is 12.8 Å². The number of benzene rings is 1. The van der Waals surface area contributed by atoms with E-state index in [1.165, 1.54) is 0 Å². The predicted octanol–water partition coefficient (Wildman–Crippen LogP) is 3.63. The van der Waals surface area contributed by atoms with Gasteiger partial charge in [0.15, 0.2) is 5.69 Å². The van der Waals surface area contributed by atoms with Gasteiger partial charge < -0.3 is 5.11 Å². The first kappa shape index (κ1) is 12.0. The molecule has 0 atom stereocenters. The molecule has 2 nitrogen and oxygen atoms in total. The summed E-state index contributed by atoms with van der Waals surface area (Å²) < 4.78 is 26.1. The normalized spacial score (nSPS) is 21.8. The molecule has 1 aromatic rings. The second-order valence-electron chi connectivity index (χ2n) is 4.55. The lowest BCUT2D eigenvalue weighted by Gasteiger charge is -2.36. The smallest absolute Gasteiger partial charge is 0.248 e. The number of rotatable bonds is 1. The monoisotopic (exact) mass is 237 g/mol. The Bertz CT molecular complexity index is 437. The van der Waals surface area contributed by atoms with Gasteiger partial charge >= 0.3 is 0 Å². The van der Waals surface area contributed by atoms with Gasteiger partial charge in [-0.25, -0.2) is 13.6 Å². The van der Waals surface area contributed by atoms with Crippen molar-refractivity contribution >= 4 is 5.69 Å². The summed E-state index contributed by atoms with van der Waals surface area (Å²) in [6, 6.07) is 6.51. The fourth-order valence-corrected chi connectivity index (χ4v) is 2.16. The number of hydrogen-bond acceptors (Lipinski definition) is 1. The van der Waals surface area contributed by atoms with Crippen molar-refractivity contribution in [2.75, 3.05) is 0 Å². The van der Waals surface area contributed by atoms with E-state index in [1.54, 1.807) is 24.3 Å². The zero-order chi connectivity index (χ0) is 12.5. The summed E-state index contributed by atoms with van der Waals surface area (Å²) in [5.74, 6) is -2.65. The summed E-state index contributed by atoms with van der Waals surface area (Å²) in [5, 5.41) is 10.3. The van der Waals surface area contributed by atoms with Gasteiger partial charge in [0.05, 0.1) is 12.2 Å². The van der Waals surface area contributed by atoms with Crippen molar-refractivity contribution in [2.24, 2.45) is 0 Å². The minimum atomic E-state index is -2.65. The third-order valence-electron chi connectivity index (χ3n) is 3.34. The Kier molecular flexibility index (Phi) is 2.88. The van der Waals surface area contributed by atoms with E-state index in [4.69, 9.17) is 6.57 Å². The summed E-state index contributed by atoms with van der Waals surface area (Å²) >= 11 is 0. The van der Waals surface area contributed by atoms with Crippen molar-refractivity contribution in [1.29, 1.82) is 0 Å². The van der Waals surface area contributed by atoms with E-state index in [9.17, 15) is 13.9 Å². The molecule has 0 heterocycles. The van der Waals surface area contributed by atoms with Gasteiger partial charge in [-0.05, 0) is 18.4 Å². The molecule has 17 heavy (non-hydrogen) atoms. The zero-order valence-electron chi connectivity index (χ0n) is 9.29. The van der Waals surface area contributed by atoms with Crippen LogP contribution in [0, 0.1) is 6.57 Å². The van der Waals surface area contributed by atoms with Crippen LogP contribution < -0.4 is 0 Å². The van der Waals surface area contributed by atoms with Crippen LogP contribution in [-0.2, 0) is 5.60 Å². The van der Waals surface area contributed by atoms with Gasteiger partial charge in [0.25, 0.3) is 0 Å². The van der Waals surface area contributed by atoms with Crippen molar-refractivity contribution in [2.45, 2.75) is 37.2 Å². The lowest BCUT2D eigenvalue weighted by molar-refractivity contribution is -0.107. The molecule has 1 fully saturated rings. The van der Waals surface area contributed by atoms with Crippen LogP contribution in [0.2, 0.25) is 0 Å². The van der Waals surface area contributed by atoms with Crippen molar-refractivity contribution in [3.05, 3.63) is 41.2 Å². The molecular formula is C13H13F2NO. The van der Waals surface area contributed by atoms with E-state index in [2.05, 4.69) is 4.85 Å². The van der Waals surface area contributed by atoms with E-state index in [0.717, 1.165) is 0 Å². The van der Waals surface area contributed by atoms with Gasteiger partial charge in [-0.2, -0.15) is 0 Å². The lowest BCUT2D eigenvalue weighted by Crippen LogP contribution is -2.36. The maximum atomic E-state index is 13.0. The zero-order valence-corrected chi connectivity index (χ0v) is 9.29. The van der Waals surface area contributed by atoms with E-state index in [1.807, 2.05) is 0 Å².